The van der Waals surface area contributed by atoms with Crippen molar-refractivity contribution < 1.29 is 0 Å². The summed E-state index contributed by atoms with van der Waals surface area (Å²) in [5, 5.41) is 3.59. The van der Waals surface area contributed by atoms with E-state index >= 15 is 0 Å². The lowest BCUT2D eigenvalue weighted by Crippen LogP contribution is -2.43. The van der Waals surface area contributed by atoms with Gasteiger partial charge in [-0.15, -0.1) is 0 Å². The molecule has 1 aromatic heterocycles. The molecule has 2 heterocycles. The Bertz CT molecular complexity index is 325. The van der Waals surface area contributed by atoms with E-state index in [-0.39, 0.29) is 0 Å². The number of nitrogens with zero attached hydrogens (tertiary/aromatic N) is 2. The van der Waals surface area contributed by atoms with Crippen molar-refractivity contribution in [3.05, 3.63) is 24.3 Å². The Hall–Kier alpha value is -0.960. The van der Waals surface area contributed by atoms with Crippen LogP contribution in [0.5, 0.6) is 0 Å². The Morgan fingerprint density at radius 2 is 2.00 bits per heavy atom. The van der Waals surface area contributed by atoms with Gasteiger partial charge in [0.2, 0.25) is 0 Å². The van der Waals surface area contributed by atoms with Crippen LogP contribution in [0.3, 0.4) is 0 Å². The van der Waals surface area contributed by atoms with E-state index in [1.54, 1.807) is 6.33 Å². The highest BCUT2D eigenvalue weighted by atomic mass is 14.9. The average Bonchev–Trinajstić information content (AvgIpc) is 2.31. The predicted molar refractivity (Wildman–Crippen MR) is 58.5 cm³/mol. The van der Waals surface area contributed by atoms with E-state index in [1.807, 2.05) is 12.4 Å². The molecular formula is C12H17N3. The normalized spacial score (nSPS) is 35.1. The molecule has 3 heteroatoms. The lowest BCUT2D eigenvalue weighted by atomic mass is 9.71. The fourth-order valence-corrected chi connectivity index (χ4v) is 3.18. The maximum absolute atomic E-state index is 4.14. The number of piperidine rings is 1. The van der Waals surface area contributed by atoms with Crippen molar-refractivity contribution in [3.8, 4) is 0 Å². The minimum atomic E-state index is 0.713. The first-order chi connectivity index (χ1) is 7.43. The van der Waals surface area contributed by atoms with Gasteiger partial charge in [-0.1, -0.05) is 0 Å². The van der Waals surface area contributed by atoms with E-state index in [1.165, 1.54) is 37.8 Å². The smallest absolute Gasteiger partial charge is 0.115 e. The van der Waals surface area contributed by atoms with Crippen LogP contribution in [0, 0.1) is 5.92 Å². The summed E-state index contributed by atoms with van der Waals surface area (Å²) in [6.45, 7) is 1.19. The van der Waals surface area contributed by atoms with Gasteiger partial charge in [-0.25, -0.2) is 9.97 Å². The largest absolute Gasteiger partial charge is 0.314 e. The average molecular weight is 203 g/mol. The van der Waals surface area contributed by atoms with Gasteiger partial charge in [-0.05, 0) is 49.6 Å². The molecule has 3 nitrogen and oxygen atoms in total. The summed E-state index contributed by atoms with van der Waals surface area (Å²) in [7, 11) is 0. The molecule has 1 N–H and O–H groups in total. The van der Waals surface area contributed by atoms with Crippen LogP contribution in [0.4, 0.5) is 0 Å². The summed E-state index contributed by atoms with van der Waals surface area (Å²) < 4.78 is 0. The van der Waals surface area contributed by atoms with Gasteiger partial charge in [0.15, 0.2) is 0 Å². The molecule has 2 bridgehead atoms. The molecule has 3 atom stereocenters. The highest BCUT2D eigenvalue weighted by Gasteiger charge is 2.33. The molecule has 1 aliphatic carbocycles. The lowest BCUT2D eigenvalue weighted by molar-refractivity contribution is 0.194. The highest BCUT2D eigenvalue weighted by Crippen LogP contribution is 2.40. The zero-order valence-electron chi connectivity index (χ0n) is 8.89. The van der Waals surface area contributed by atoms with Crippen LogP contribution in [-0.2, 0) is 0 Å². The number of rotatable bonds is 1. The third kappa shape index (κ3) is 1.76. The van der Waals surface area contributed by atoms with E-state index in [0.717, 1.165) is 12.0 Å². The molecule has 3 unspecified atom stereocenters. The minimum absolute atomic E-state index is 0.713. The Labute approximate surface area is 90.3 Å². The van der Waals surface area contributed by atoms with Gasteiger partial charge >= 0.3 is 0 Å². The van der Waals surface area contributed by atoms with Gasteiger partial charge in [-0.3, -0.25) is 0 Å². The topological polar surface area (TPSA) is 37.8 Å². The lowest BCUT2D eigenvalue weighted by Gasteiger charge is -2.40. The molecule has 1 aromatic rings. The quantitative estimate of drug-likeness (QED) is 0.755. The van der Waals surface area contributed by atoms with E-state index < -0.39 is 0 Å². The first-order valence-corrected chi connectivity index (χ1v) is 5.92. The van der Waals surface area contributed by atoms with Crippen LogP contribution in [-0.4, -0.2) is 22.6 Å². The van der Waals surface area contributed by atoms with Crippen LogP contribution >= 0.6 is 0 Å². The van der Waals surface area contributed by atoms with Gasteiger partial charge in [0.25, 0.3) is 0 Å². The molecule has 80 valence electrons. The van der Waals surface area contributed by atoms with Crippen molar-refractivity contribution >= 4 is 0 Å². The number of hydrogen-bond acceptors (Lipinski definition) is 3. The zero-order valence-corrected chi connectivity index (χ0v) is 8.89. The number of fused-ring (bicyclic) bond motifs is 2. The molecule has 0 aromatic carbocycles. The van der Waals surface area contributed by atoms with Crippen molar-refractivity contribution in [1.82, 2.24) is 15.3 Å². The molecule has 1 saturated carbocycles. The standard InChI is InChI=1S/C12H17N3/c1-2-12(10-6-13-8-14-7-10)9-3-4-15-11(1)5-9/h6-9,11-12,15H,1-5H2. The molecule has 0 spiro atoms. The fraction of sp³-hybridized carbons (Fsp3) is 0.667. The minimum Gasteiger partial charge on any atom is -0.314 e. The number of nitrogens with one attached hydrogen (secondary N) is 1. The molecule has 2 aliphatic rings. The van der Waals surface area contributed by atoms with Crippen LogP contribution in [0.25, 0.3) is 0 Å². The molecule has 0 radical (unpaired) electrons. The van der Waals surface area contributed by atoms with E-state index in [4.69, 9.17) is 0 Å². The van der Waals surface area contributed by atoms with Crippen LogP contribution in [0.15, 0.2) is 18.7 Å². The van der Waals surface area contributed by atoms with Gasteiger partial charge in [-0.2, -0.15) is 0 Å². The Kier molecular flexibility index (Phi) is 2.41. The number of hydrogen-bond donors (Lipinski definition) is 1. The first-order valence-electron chi connectivity index (χ1n) is 5.92. The molecule has 2 fully saturated rings. The zero-order chi connectivity index (χ0) is 10.1. The van der Waals surface area contributed by atoms with Crippen LogP contribution in [0.2, 0.25) is 0 Å². The molecular weight excluding hydrogens is 186 g/mol. The Balaban J connectivity index is 1.81. The van der Waals surface area contributed by atoms with Gasteiger partial charge in [0.05, 0.1) is 0 Å². The van der Waals surface area contributed by atoms with E-state index in [2.05, 4.69) is 15.3 Å². The summed E-state index contributed by atoms with van der Waals surface area (Å²) in [5.74, 6) is 1.57. The summed E-state index contributed by atoms with van der Waals surface area (Å²) in [4.78, 5) is 8.28. The molecule has 1 saturated heterocycles. The van der Waals surface area contributed by atoms with Gasteiger partial charge in [0.1, 0.15) is 6.33 Å². The molecule has 3 rings (SSSR count). The van der Waals surface area contributed by atoms with Gasteiger partial charge < -0.3 is 5.32 Å². The fourth-order valence-electron chi connectivity index (χ4n) is 3.18. The summed E-state index contributed by atoms with van der Waals surface area (Å²) >= 11 is 0. The third-order valence-electron chi connectivity index (χ3n) is 3.94. The molecule has 1 aliphatic heterocycles. The highest BCUT2D eigenvalue weighted by molar-refractivity contribution is 5.14. The van der Waals surface area contributed by atoms with Crippen LogP contribution < -0.4 is 5.32 Å². The summed E-state index contributed by atoms with van der Waals surface area (Å²) in [6.07, 6.45) is 10.9. The Morgan fingerprint density at radius 1 is 1.13 bits per heavy atom. The first kappa shape index (κ1) is 9.28. The Morgan fingerprint density at radius 3 is 2.87 bits per heavy atom. The van der Waals surface area contributed by atoms with Crippen molar-refractivity contribution in [1.29, 1.82) is 0 Å². The SMILES string of the molecule is c1ncc(C2CCC3CC2CCN3)cn1. The third-order valence-corrected chi connectivity index (χ3v) is 3.94. The summed E-state index contributed by atoms with van der Waals surface area (Å²) in [6, 6.07) is 0.782. The van der Waals surface area contributed by atoms with Crippen molar-refractivity contribution in [2.75, 3.05) is 6.54 Å². The van der Waals surface area contributed by atoms with Crippen molar-refractivity contribution in [2.45, 2.75) is 37.6 Å². The van der Waals surface area contributed by atoms with Crippen molar-refractivity contribution in [3.63, 3.8) is 0 Å². The second kappa shape index (κ2) is 3.89. The predicted octanol–water partition coefficient (Wildman–Crippen LogP) is 1.72. The number of aromatic nitrogens is 2. The maximum Gasteiger partial charge on any atom is 0.115 e. The molecule has 0 amide bonds. The molecule has 15 heavy (non-hydrogen) atoms. The van der Waals surface area contributed by atoms with Crippen LogP contribution in [0.1, 0.15) is 37.2 Å². The summed E-state index contributed by atoms with van der Waals surface area (Å²) in [5.41, 5.74) is 1.35. The van der Waals surface area contributed by atoms with Crippen molar-refractivity contribution in [2.24, 2.45) is 5.92 Å². The second-order valence-electron chi connectivity index (χ2n) is 4.79. The van der Waals surface area contributed by atoms with E-state index in [0.29, 0.717) is 5.92 Å². The van der Waals surface area contributed by atoms with Gasteiger partial charge in [0, 0.05) is 18.4 Å². The second-order valence-corrected chi connectivity index (χ2v) is 4.79. The maximum atomic E-state index is 4.14. The monoisotopic (exact) mass is 203 g/mol. The van der Waals surface area contributed by atoms with E-state index in [9.17, 15) is 0 Å².